The van der Waals surface area contributed by atoms with Gasteiger partial charge in [-0.15, -0.1) is 0 Å². The molecule has 0 aliphatic rings. The first-order valence-electron chi connectivity index (χ1n) is 3.86. The molecule has 3 nitrogen and oxygen atoms in total. The third-order valence-corrected chi connectivity index (χ3v) is 1.74. The Bertz CT molecular complexity index is 260. The van der Waals surface area contributed by atoms with Crippen LogP contribution < -0.4 is 5.66 Å². The van der Waals surface area contributed by atoms with E-state index in [1.165, 1.54) is 0 Å². The van der Waals surface area contributed by atoms with Crippen molar-refractivity contribution >= 4 is 12.8 Å². The van der Waals surface area contributed by atoms with E-state index in [0.717, 1.165) is 5.56 Å². The summed E-state index contributed by atoms with van der Waals surface area (Å²) in [4.78, 5) is 0. The average molecular weight is 168 g/mol. The molecule has 1 rings (SSSR count). The quantitative estimate of drug-likeness (QED) is 0.591. The summed E-state index contributed by atoms with van der Waals surface area (Å²) in [6.07, 6.45) is 1.55. The van der Waals surface area contributed by atoms with Crippen LogP contribution in [0, 0.1) is 0 Å². The fraction of sp³-hybridized carbons (Fsp3) is 0.500. The third-order valence-electron chi connectivity index (χ3n) is 1.74. The van der Waals surface area contributed by atoms with E-state index in [2.05, 4.69) is 0 Å². The van der Waals surface area contributed by atoms with Crippen molar-refractivity contribution in [2.24, 2.45) is 0 Å². The van der Waals surface area contributed by atoms with E-state index >= 15 is 0 Å². The van der Waals surface area contributed by atoms with E-state index in [4.69, 9.17) is 14.5 Å². The van der Waals surface area contributed by atoms with Crippen molar-refractivity contribution in [1.82, 2.24) is 0 Å². The molecule has 12 heavy (non-hydrogen) atoms. The molecule has 0 spiro atoms. The molecule has 0 aliphatic carbocycles. The molecule has 1 aromatic rings. The van der Waals surface area contributed by atoms with Gasteiger partial charge in [0.15, 0.2) is 0 Å². The Hall–Kier alpha value is -0.735. The predicted octanol–water partition coefficient (Wildman–Crippen LogP) is 0.257. The summed E-state index contributed by atoms with van der Waals surface area (Å²) in [6.45, 7) is 6.10. The molecule has 4 heteroatoms. The van der Waals surface area contributed by atoms with Crippen LogP contribution in [0.15, 0.2) is 16.7 Å². The van der Waals surface area contributed by atoms with Gasteiger partial charge in [0.05, 0.1) is 6.26 Å². The maximum Gasteiger partial charge on any atom is 0.526 e. The predicted molar refractivity (Wildman–Crippen MR) is 47.2 cm³/mol. The second kappa shape index (κ2) is 2.96. The molecule has 0 amide bonds. The summed E-state index contributed by atoms with van der Waals surface area (Å²) in [6, 6.07) is 1.66. The summed E-state index contributed by atoms with van der Waals surface area (Å²) in [5.74, 6) is 0. The normalized spacial score (nSPS) is 11.8. The molecule has 0 fully saturated rings. The molecule has 0 aromatic carbocycles. The summed E-state index contributed by atoms with van der Waals surface area (Å²) < 4.78 is 4.95. The van der Waals surface area contributed by atoms with Crippen molar-refractivity contribution in [2.45, 2.75) is 26.2 Å². The highest BCUT2D eigenvalue weighted by molar-refractivity contribution is 6.57. The SMILES string of the molecule is CC(C)(C)c1coc(B(O)O)c1. The van der Waals surface area contributed by atoms with Crippen LogP contribution in [0.4, 0.5) is 0 Å². The minimum Gasteiger partial charge on any atom is -0.473 e. The Morgan fingerprint density at radius 3 is 2.17 bits per heavy atom. The summed E-state index contributed by atoms with van der Waals surface area (Å²) in [5.41, 5.74) is 1.14. The molecule has 1 aromatic heterocycles. The Balaban J connectivity index is 2.92. The van der Waals surface area contributed by atoms with Crippen LogP contribution in [0.2, 0.25) is 0 Å². The van der Waals surface area contributed by atoms with Crippen molar-refractivity contribution in [2.75, 3.05) is 0 Å². The van der Waals surface area contributed by atoms with Crippen LogP contribution in [0.3, 0.4) is 0 Å². The standard InChI is InChI=1S/C8H13BO3/c1-8(2,3)6-4-7(9(10)11)12-5-6/h4-5,10-11H,1-3H3. The fourth-order valence-corrected chi connectivity index (χ4v) is 0.882. The number of hydrogen-bond acceptors (Lipinski definition) is 3. The van der Waals surface area contributed by atoms with Gasteiger partial charge in [-0.05, 0) is 17.0 Å². The molecule has 0 atom stereocenters. The van der Waals surface area contributed by atoms with Crippen LogP contribution in [0.5, 0.6) is 0 Å². The molecule has 0 saturated carbocycles. The van der Waals surface area contributed by atoms with E-state index in [1.54, 1.807) is 12.3 Å². The monoisotopic (exact) mass is 168 g/mol. The van der Waals surface area contributed by atoms with Crippen molar-refractivity contribution < 1.29 is 14.5 Å². The average Bonchev–Trinajstić information content (AvgIpc) is 2.30. The molecule has 0 radical (unpaired) electrons. The van der Waals surface area contributed by atoms with Crippen molar-refractivity contribution in [3.63, 3.8) is 0 Å². The van der Waals surface area contributed by atoms with E-state index in [-0.39, 0.29) is 11.1 Å². The molecule has 0 bridgehead atoms. The third kappa shape index (κ3) is 1.90. The fourth-order valence-electron chi connectivity index (χ4n) is 0.882. The number of furan rings is 1. The lowest BCUT2D eigenvalue weighted by molar-refractivity contribution is 0.409. The van der Waals surface area contributed by atoms with Gasteiger partial charge in [-0.1, -0.05) is 20.8 Å². The van der Waals surface area contributed by atoms with E-state index in [9.17, 15) is 0 Å². The maximum absolute atomic E-state index is 8.76. The second-order valence-electron chi connectivity index (χ2n) is 3.86. The molecular weight excluding hydrogens is 155 g/mol. The highest BCUT2D eigenvalue weighted by Crippen LogP contribution is 2.21. The Kier molecular flexibility index (Phi) is 2.30. The highest BCUT2D eigenvalue weighted by atomic mass is 16.4. The molecule has 1 heterocycles. The maximum atomic E-state index is 8.76. The molecule has 0 aliphatic heterocycles. The summed E-state index contributed by atoms with van der Waals surface area (Å²) >= 11 is 0. The van der Waals surface area contributed by atoms with Gasteiger partial charge in [-0.3, -0.25) is 0 Å². The summed E-state index contributed by atoms with van der Waals surface area (Å²) in [5, 5.41) is 17.5. The van der Waals surface area contributed by atoms with Crippen molar-refractivity contribution in [3.05, 3.63) is 17.9 Å². The first-order chi connectivity index (χ1) is 5.41. The molecule has 0 unspecified atom stereocenters. The Labute approximate surface area is 72.2 Å². The van der Waals surface area contributed by atoms with Crippen molar-refractivity contribution in [1.29, 1.82) is 0 Å². The molecule has 66 valence electrons. The van der Waals surface area contributed by atoms with Gasteiger partial charge < -0.3 is 14.5 Å². The van der Waals surface area contributed by atoms with E-state index < -0.39 is 7.12 Å². The van der Waals surface area contributed by atoms with Crippen LogP contribution in [-0.4, -0.2) is 17.2 Å². The van der Waals surface area contributed by atoms with Gasteiger partial charge in [0.1, 0.15) is 5.66 Å². The van der Waals surface area contributed by atoms with Crippen LogP contribution in [-0.2, 0) is 5.41 Å². The molecular formula is C8H13BO3. The van der Waals surface area contributed by atoms with Gasteiger partial charge >= 0.3 is 7.12 Å². The van der Waals surface area contributed by atoms with Crippen LogP contribution in [0.25, 0.3) is 0 Å². The first kappa shape index (κ1) is 9.35. The Morgan fingerprint density at radius 1 is 1.33 bits per heavy atom. The van der Waals surface area contributed by atoms with Gasteiger partial charge in [0, 0.05) is 0 Å². The smallest absolute Gasteiger partial charge is 0.473 e. The lowest BCUT2D eigenvalue weighted by atomic mass is 9.83. The zero-order valence-corrected chi connectivity index (χ0v) is 7.53. The second-order valence-corrected chi connectivity index (χ2v) is 3.86. The largest absolute Gasteiger partial charge is 0.526 e. The first-order valence-corrected chi connectivity index (χ1v) is 3.86. The van der Waals surface area contributed by atoms with Gasteiger partial charge in [0.25, 0.3) is 0 Å². The van der Waals surface area contributed by atoms with E-state index in [0.29, 0.717) is 0 Å². The van der Waals surface area contributed by atoms with Gasteiger partial charge in [-0.25, -0.2) is 0 Å². The number of hydrogen-bond donors (Lipinski definition) is 2. The lowest BCUT2D eigenvalue weighted by Gasteiger charge is -2.14. The minimum atomic E-state index is -1.51. The summed E-state index contributed by atoms with van der Waals surface area (Å²) in [7, 11) is -1.51. The van der Waals surface area contributed by atoms with Gasteiger partial charge in [0.2, 0.25) is 0 Å². The van der Waals surface area contributed by atoms with Crippen LogP contribution >= 0.6 is 0 Å². The lowest BCUT2D eigenvalue weighted by Crippen LogP contribution is -2.28. The highest BCUT2D eigenvalue weighted by Gasteiger charge is 2.21. The van der Waals surface area contributed by atoms with E-state index in [1.807, 2.05) is 20.8 Å². The number of rotatable bonds is 1. The van der Waals surface area contributed by atoms with Gasteiger partial charge in [-0.2, -0.15) is 0 Å². The zero-order valence-electron chi connectivity index (χ0n) is 7.53. The van der Waals surface area contributed by atoms with Crippen molar-refractivity contribution in [3.8, 4) is 0 Å². The zero-order chi connectivity index (χ0) is 9.35. The molecule has 0 saturated heterocycles. The van der Waals surface area contributed by atoms with Crippen LogP contribution in [0.1, 0.15) is 26.3 Å². The molecule has 2 N–H and O–H groups in total. The minimum absolute atomic E-state index is 0.0172. The topological polar surface area (TPSA) is 53.6 Å². The Morgan fingerprint density at radius 2 is 1.92 bits per heavy atom.